The molecule has 0 aliphatic carbocycles. The zero-order chi connectivity index (χ0) is 18.7. The second kappa shape index (κ2) is 7.96. The summed E-state index contributed by atoms with van der Waals surface area (Å²) in [5.74, 6) is 0.326. The molecule has 0 saturated carbocycles. The smallest absolute Gasteiger partial charge is 0.160 e. The van der Waals surface area contributed by atoms with Crippen LogP contribution in [0.25, 0.3) is 10.6 Å². The molecule has 0 fully saturated rings. The maximum absolute atomic E-state index is 12.5. The van der Waals surface area contributed by atoms with Crippen LogP contribution in [-0.4, -0.2) is 20.5 Å². The van der Waals surface area contributed by atoms with Crippen molar-refractivity contribution in [1.29, 1.82) is 0 Å². The van der Waals surface area contributed by atoms with Crippen LogP contribution < -0.4 is 4.74 Å². The molecule has 0 radical (unpaired) electrons. The van der Waals surface area contributed by atoms with Crippen molar-refractivity contribution >= 4 is 44.4 Å². The second-order valence-corrected chi connectivity index (χ2v) is 9.35. The van der Waals surface area contributed by atoms with Crippen LogP contribution in [0, 0.1) is 0 Å². The topological polar surface area (TPSA) is 56.3 Å². The van der Waals surface area contributed by atoms with Gasteiger partial charge in [0.1, 0.15) is 10.8 Å². The standard InChI is InChI=1S/C18H15Cl2NO3S2/c1-24-14-5-2-4-12(8-14)18-21-13(9-25-18)10-26(22,23)11-15-16(19)6-3-7-17(15)20/h2-9H,10-11H2,1H3. The quantitative estimate of drug-likeness (QED) is 0.539. The number of ether oxygens (including phenoxy) is 1. The predicted octanol–water partition coefficient (Wildman–Crippen LogP) is 5.24. The van der Waals surface area contributed by atoms with Gasteiger partial charge in [0.05, 0.1) is 24.3 Å². The van der Waals surface area contributed by atoms with Gasteiger partial charge in [-0.2, -0.15) is 0 Å². The minimum atomic E-state index is -3.46. The van der Waals surface area contributed by atoms with Crippen LogP contribution in [0.1, 0.15) is 11.3 Å². The Morgan fingerprint density at radius 2 is 1.77 bits per heavy atom. The molecule has 26 heavy (non-hydrogen) atoms. The summed E-state index contributed by atoms with van der Waals surface area (Å²) in [5, 5.41) is 3.18. The number of aromatic nitrogens is 1. The zero-order valence-corrected chi connectivity index (χ0v) is 16.9. The van der Waals surface area contributed by atoms with Gasteiger partial charge in [0.2, 0.25) is 0 Å². The minimum Gasteiger partial charge on any atom is -0.497 e. The van der Waals surface area contributed by atoms with Crippen LogP contribution in [0.5, 0.6) is 5.75 Å². The van der Waals surface area contributed by atoms with Crippen molar-refractivity contribution in [3.05, 3.63) is 69.1 Å². The monoisotopic (exact) mass is 427 g/mol. The van der Waals surface area contributed by atoms with E-state index < -0.39 is 9.84 Å². The number of rotatable bonds is 6. The van der Waals surface area contributed by atoms with E-state index in [0.29, 0.717) is 21.3 Å². The molecule has 4 nitrogen and oxygen atoms in total. The predicted molar refractivity (Wildman–Crippen MR) is 107 cm³/mol. The number of methoxy groups -OCH3 is 1. The van der Waals surface area contributed by atoms with Gasteiger partial charge in [0.25, 0.3) is 0 Å². The highest BCUT2D eigenvalue weighted by Gasteiger charge is 2.19. The summed E-state index contributed by atoms with van der Waals surface area (Å²) in [4.78, 5) is 4.45. The van der Waals surface area contributed by atoms with Crippen molar-refractivity contribution in [2.75, 3.05) is 7.11 Å². The number of hydrogen-bond donors (Lipinski definition) is 0. The van der Waals surface area contributed by atoms with Gasteiger partial charge in [-0.3, -0.25) is 0 Å². The Balaban J connectivity index is 1.79. The maximum atomic E-state index is 12.5. The summed E-state index contributed by atoms with van der Waals surface area (Å²) in [5.41, 5.74) is 1.79. The number of halogens is 2. The number of sulfone groups is 1. The summed E-state index contributed by atoms with van der Waals surface area (Å²) in [7, 11) is -1.87. The van der Waals surface area contributed by atoms with Crippen molar-refractivity contribution in [3.63, 3.8) is 0 Å². The minimum absolute atomic E-state index is 0.172. The van der Waals surface area contributed by atoms with Gasteiger partial charge in [0.15, 0.2) is 9.84 Å². The molecule has 0 N–H and O–H groups in total. The fourth-order valence-electron chi connectivity index (χ4n) is 2.43. The fraction of sp³-hybridized carbons (Fsp3) is 0.167. The van der Waals surface area contributed by atoms with E-state index in [2.05, 4.69) is 4.98 Å². The number of thiazole rings is 1. The molecule has 0 saturated heterocycles. The van der Waals surface area contributed by atoms with Gasteiger partial charge in [0, 0.05) is 26.6 Å². The average Bonchev–Trinajstić information content (AvgIpc) is 3.06. The molecule has 2 aromatic carbocycles. The van der Waals surface area contributed by atoms with Crippen molar-refractivity contribution in [1.82, 2.24) is 4.98 Å². The molecule has 0 bridgehead atoms. The molecule has 136 valence electrons. The first-order valence-electron chi connectivity index (χ1n) is 7.60. The van der Waals surface area contributed by atoms with Crippen LogP contribution in [0.3, 0.4) is 0 Å². The van der Waals surface area contributed by atoms with E-state index in [4.69, 9.17) is 27.9 Å². The van der Waals surface area contributed by atoms with E-state index >= 15 is 0 Å². The normalized spacial score (nSPS) is 11.5. The molecular formula is C18H15Cl2NO3S2. The van der Waals surface area contributed by atoms with Crippen LogP contribution in [0.4, 0.5) is 0 Å². The molecular weight excluding hydrogens is 413 g/mol. The number of nitrogens with zero attached hydrogens (tertiary/aromatic N) is 1. The Labute approximate surface area is 166 Å². The molecule has 3 rings (SSSR count). The first-order valence-corrected chi connectivity index (χ1v) is 11.1. The van der Waals surface area contributed by atoms with E-state index in [1.165, 1.54) is 11.3 Å². The average molecular weight is 428 g/mol. The Morgan fingerprint density at radius 3 is 2.46 bits per heavy atom. The molecule has 0 atom stereocenters. The summed E-state index contributed by atoms with van der Waals surface area (Å²) in [6.07, 6.45) is 0. The third kappa shape index (κ3) is 4.57. The highest BCUT2D eigenvalue weighted by atomic mass is 35.5. The van der Waals surface area contributed by atoms with Crippen LogP contribution >= 0.6 is 34.5 Å². The first-order chi connectivity index (χ1) is 12.4. The van der Waals surface area contributed by atoms with Crippen molar-refractivity contribution < 1.29 is 13.2 Å². The maximum Gasteiger partial charge on any atom is 0.160 e. The van der Waals surface area contributed by atoms with Crippen molar-refractivity contribution in [2.45, 2.75) is 11.5 Å². The SMILES string of the molecule is COc1cccc(-c2nc(CS(=O)(=O)Cc3c(Cl)cccc3Cl)cs2)c1. The molecule has 1 aromatic heterocycles. The van der Waals surface area contributed by atoms with Gasteiger partial charge in [-0.15, -0.1) is 11.3 Å². The highest BCUT2D eigenvalue weighted by molar-refractivity contribution is 7.89. The van der Waals surface area contributed by atoms with E-state index in [9.17, 15) is 8.42 Å². The van der Waals surface area contributed by atoms with Crippen molar-refractivity contribution in [3.8, 4) is 16.3 Å². The van der Waals surface area contributed by atoms with Gasteiger partial charge < -0.3 is 4.74 Å². The molecule has 0 spiro atoms. The van der Waals surface area contributed by atoms with Crippen LogP contribution in [0.2, 0.25) is 10.0 Å². The summed E-state index contributed by atoms with van der Waals surface area (Å²) >= 11 is 13.5. The van der Waals surface area contributed by atoms with Gasteiger partial charge in [-0.05, 0) is 24.3 Å². The number of hydrogen-bond acceptors (Lipinski definition) is 5. The van der Waals surface area contributed by atoms with Crippen molar-refractivity contribution in [2.24, 2.45) is 0 Å². The summed E-state index contributed by atoms with van der Waals surface area (Å²) < 4.78 is 30.3. The van der Waals surface area contributed by atoms with Gasteiger partial charge in [-0.25, -0.2) is 13.4 Å². The van der Waals surface area contributed by atoms with E-state index in [-0.39, 0.29) is 11.5 Å². The largest absolute Gasteiger partial charge is 0.497 e. The third-order valence-electron chi connectivity index (χ3n) is 3.66. The highest BCUT2D eigenvalue weighted by Crippen LogP contribution is 2.29. The Hall–Kier alpha value is -1.60. The lowest BCUT2D eigenvalue weighted by atomic mass is 10.2. The molecule has 0 aliphatic rings. The van der Waals surface area contributed by atoms with Gasteiger partial charge in [-0.1, -0.05) is 41.4 Å². The zero-order valence-electron chi connectivity index (χ0n) is 13.8. The lowest BCUT2D eigenvalue weighted by molar-refractivity contribution is 0.415. The third-order valence-corrected chi connectivity index (χ3v) is 6.77. The molecule has 8 heteroatoms. The molecule has 0 amide bonds. The van der Waals surface area contributed by atoms with Crippen LogP contribution in [0.15, 0.2) is 47.8 Å². The van der Waals surface area contributed by atoms with E-state index in [1.54, 1.807) is 30.7 Å². The Kier molecular flexibility index (Phi) is 5.87. The molecule has 3 aromatic rings. The number of benzene rings is 2. The molecule has 0 aliphatic heterocycles. The van der Waals surface area contributed by atoms with E-state index in [1.807, 2.05) is 24.3 Å². The van der Waals surface area contributed by atoms with Crippen LogP contribution in [-0.2, 0) is 21.3 Å². The van der Waals surface area contributed by atoms with Gasteiger partial charge >= 0.3 is 0 Å². The fourth-order valence-corrected chi connectivity index (χ4v) is 5.49. The second-order valence-electron chi connectivity index (χ2n) is 5.61. The summed E-state index contributed by atoms with van der Waals surface area (Å²) in [6, 6.07) is 12.4. The Morgan fingerprint density at radius 1 is 1.08 bits per heavy atom. The molecule has 1 heterocycles. The molecule has 0 unspecified atom stereocenters. The lowest BCUT2D eigenvalue weighted by Gasteiger charge is -2.07. The lowest BCUT2D eigenvalue weighted by Crippen LogP contribution is -2.08. The van der Waals surface area contributed by atoms with E-state index in [0.717, 1.165) is 16.3 Å². The summed E-state index contributed by atoms with van der Waals surface area (Å²) in [6.45, 7) is 0. The first kappa shape index (κ1) is 19.2. The Bertz CT molecular complexity index is 1010.